The van der Waals surface area contributed by atoms with Crippen LogP contribution in [0.1, 0.15) is 43.2 Å². The van der Waals surface area contributed by atoms with E-state index >= 15 is 0 Å². The van der Waals surface area contributed by atoms with Crippen LogP contribution < -0.4 is 0 Å². The Bertz CT molecular complexity index is 482. The van der Waals surface area contributed by atoms with Gasteiger partial charge in [0, 0.05) is 0 Å². The van der Waals surface area contributed by atoms with Gasteiger partial charge in [0.2, 0.25) is 0 Å². The van der Waals surface area contributed by atoms with Crippen LogP contribution in [-0.4, -0.2) is 10.7 Å². The fourth-order valence-corrected chi connectivity index (χ4v) is 3.70. The Balaban J connectivity index is 2.15. The molecular weight excluding hydrogens is 210 g/mol. The smallest absolute Gasteiger partial charge is 0.111 e. The van der Waals surface area contributed by atoms with Gasteiger partial charge < -0.3 is 5.11 Å². The van der Waals surface area contributed by atoms with E-state index in [2.05, 4.69) is 12.1 Å². The molecule has 0 aromatic heterocycles. The molecule has 2 aliphatic carbocycles. The summed E-state index contributed by atoms with van der Waals surface area (Å²) in [6.07, 6.45) is 5.33. The number of nitriles is 1. The molecule has 1 aromatic rings. The van der Waals surface area contributed by atoms with E-state index in [0.717, 1.165) is 44.1 Å². The van der Waals surface area contributed by atoms with Crippen molar-refractivity contribution in [2.24, 2.45) is 0 Å². The SMILES string of the molecule is N#CC1(C2(O)CCCC2)CCc2ccccc21. The molecule has 2 aliphatic rings. The fourth-order valence-electron chi connectivity index (χ4n) is 3.70. The highest BCUT2D eigenvalue weighted by Crippen LogP contribution is 2.52. The third-order valence-corrected chi connectivity index (χ3v) is 4.66. The quantitative estimate of drug-likeness (QED) is 0.801. The molecule has 0 heterocycles. The average Bonchev–Trinajstić information content (AvgIpc) is 2.95. The molecule has 3 rings (SSSR count). The van der Waals surface area contributed by atoms with Crippen molar-refractivity contribution in [3.8, 4) is 6.07 Å². The molecular formula is C15H17NO. The van der Waals surface area contributed by atoms with Gasteiger partial charge in [0.1, 0.15) is 5.41 Å². The minimum Gasteiger partial charge on any atom is -0.388 e. The molecule has 1 N–H and O–H groups in total. The maximum absolute atomic E-state index is 10.9. The number of hydrogen-bond acceptors (Lipinski definition) is 2. The molecule has 1 aromatic carbocycles. The first-order valence-corrected chi connectivity index (χ1v) is 6.44. The Hall–Kier alpha value is -1.33. The van der Waals surface area contributed by atoms with E-state index in [0.29, 0.717) is 0 Å². The number of aryl methyl sites for hydroxylation is 1. The zero-order chi connectivity index (χ0) is 11.9. The molecule has 1 atom stereocenters. The van der Waals surface area contributed by atoms with E-state index in [1.807, 2.05) is 18.2 Å². The largest absolute Gasteiger partial charge is 0.388 e. The molecule has 17 heavy (non-hydrogen) atoms. The van der Waals surface area contributed by atoms with Gasteiger partial charge in [-0.25, -0.2) is 0 Å². The van der Waals surface area contributed by atoms with E-state index < -0.39 is 11.0 Å². The predicted octanol–water partition coefficient (Wildman–Crippen LogP) is 2.70. The lowest BCUT2D eigenvalue weighted by molar-refractivity contribution is -0.0104. The number of aliphatic hydroxyl groups is 1. The average molecular weight is 227 g/mol. The molecule has 0 aliphatic heterocycles. The summed E-state index contributed by atoms with van der Waals surface area (Å²) in [7, 11) is 0. The summed E-state index contributed by atoms with van der Waals surface area (Å²) in [5.41, 5.74) is 0.871. The van der Waals surface area contributed by atoms with Crippen LogP contribution in [0.5, 0.6) is 0 Å². The Morgan fingerprint density at radius 1 is 1.12 bits per heavy atom. The number of nitrogens with zero attached hydrogens (tertiary/aromatic N) is 1. The second-order valence-electron chi connectivity index (χ2n) is 5.41. The standard InChI is InChI=1S/C15H17NO/c16-11-14(15(17)8-3-4-9-15)10-7-12-5-1-2-6-13(12)14/h1-2,5-6,17H,3-4,7-10H2. The highest BCUT2D eigenvalue weighted by Gasteiger charge is 2.55. The minimum atomic E-state index is -0.797. The highest BCUT2D eigenvalue weighted by atomic mass is 16.3. The third-order valence-electron chi connectivity index (χ3n) is 4.66. The van der Waals surface area contributed by atoms with Gasteiger partial charge in [-0.3, -0.25) is 0 Å². The molecule has 0 radical (unpaired) electrons. The van der Waals surface area contributed by atoms with Gasteiger partial charge in [-0.05, 0) is 36.8 Å². The minimum absolute atomic E-state index is 0.653. The van der Waals surface area contributed by atoms with Crippen molar-refractivity contribution in [3.63, 3.8) is 0 Å². The summed E-state index contributed by atoms with van der Waals surface area (Å²) in [5.74, 6) is 0. The highest BCUT2D eigenvalue weighted by molar-refractivity contribution is 5.47. The van der Waals surface area contributed by atoms with Crippen molar-refractivity contribution in [1.82, 2.24) is 0 Å². The summed E-state index contributed by atoms with van der Waals surface area (Å²) in [6, 6.07) is 10.6. The third kappa shape index (κ3) is 1.29. The van der Waals surface area contributed by atoms with E-state index in [1.54, 1.807) is 0 Å². The summed E-state index contributed by atoms with van der Waals surface area (Å²) in [5, 5.41) is 20.5. The molecule has 1 fully saturated rings. The van der Waals surface area contributed by atoms with Gasteiger partial charge in [0.05, 0.1) is 11.7 Å². The van der Waals surface area contributed by atoms with Gasteiger partial charge in [0.25, 0.3) is 0 Å². The summed E-state index contributed by atoms with van der Waals surface area (Å²) < 4.78 is 0. The molecule has 2 heteroatoms. The zero-order valence-corrected chi connectivity index (χ0v) is 9.95. The van der Waals surface area contributed by atoms with Crippen molar-refractivity contribution in [2.75, 3.05) is 0 Å². The van der Waals surface area contributed by atoms with Crippen LogP contribution in [0.15, 0.2) is 24.3 Å². The maximum Gasteiger partial charge on any atom is 0.111 e. The second kappa shape index (κ2) is 3.58. The number of rotatable bonds is 1. The summed E-state index contributed by atoms with van der Waals surface area (Å²) in [4.78, 5) is 0. The van der Waals surface area contributed by atoms with E-state index in [1.165, 1.54) is 5.56 Å². The monoisotopic (exact) mass is 227 g/mol. The second-order valence-corrected chi connectivity index (χ2v) is 5.41. The molecule has 88 valence electrons. The summed E-state index contributed by atoms with van der Waals surface area (Å²) in [6.45, 7) is 0. The lowest BCUT2D eigenvalue weighted by atomic mass is 9.68. The molecule has 0 bridgehead atoms. The number of fused-ring (bicyclic) bond motifs is 1. The van der Waals surface area contributed by atoms with Crippen molar-refractivity contribution in [3.05, 3.63) is 35.4 Å². The van der Waals surface area contributed by atoms with Crippen LogP contribution in [-0.2, 0) is 11.8 Å². The van der Waals surface area contributed by atoms with E-state index in [-0.39, 0.29) is 0 Å². The number of benzene rings is 1. The van der Waals surface area contributed by atoms with E-state index in [4.69, 9.17) is 0 Å². The topological polar surface area (TPSA) is 44.0 Å². The first-order chi connectivity index (χ1) is 8.22. The Kier molecular flexibility index (Phi) is 2.27. The lowest BCUT2D eigenvalue weighted by Crippen LogP contribution is -2.47. The van der Waals surface area contributed by atoms with Gasteiger partial charge in [-0.15, -0.1) is 0 Å². The van der Waals surface area contributed by atoms with Crippen molar-refractivity contribution >= 4 is 0 Å². The first kappa shape index (κ1) is 10.8. The zero-order valence-electron chi connectivity index (χ0n) is 9.95. The molecule has 1 unspecified atom stereocenters. The first-order valence-electron chi connectivity index (χ1n) is 6.44. The van der Waals surface area contributed by atoms with E-state index in [9.17, 15) is 10.4 Å². The fraction of sp³-hybridized carbons (Fsp3) is 0.533. The predicted molar refractivity (Wildman–Crippen MR) is 65.5 cm³/mol. The maximum atomic E-state index is 10.9. The Morgan fingerprint density at radius 3 is 2.53 bits per heavy atom. The van der Waals surface area contributed by atoms with Crippen molar-refractivity contribution in [2.45, 2.75) is 49.5 Å². The number of hydrogen-bond donors (Lipinski definition) is 1. The van der Waals surface area contributed by atoms with Crippen LogP contribution in [0.4, 0.5) is 0 Å². The molecule has 0 saturated heterocycles. The van der Waals surface area contributed by atoms with Crippen LogP contribution in [0, 0.1) is 11.3 Å². The molecule has 1 saturated carbocycles. The van der Waals surface area contributed by atoms with Crippen molar-refractivity contribution < 1.29 is 5.11 Å². The molecule has 2 nitrogen and oxygen atoms in total. The normalized spacial score (nSPS) is 29.9. The summed E-state index contributed by atoms with van der Waals surface area (Å²) >= 11 is 0. The molecule has 0 amide bonds. The Labute approximate surface area is 102 Å². The van der Waals surface area contributed by atoms with Gasteiger partial charge in [-0.2, -0.15) is 5.26 Å². The Morgan fingerprint density at radius 2 is 1.82 bits per heavy atom. The molecule has 0 spiro atoms. The van der Waals surface area contributed by atoms with Crippen LogP contribution in [0.2, 0.25) is 0 Å². The van der Waals surface area contributed by atoms with Gasteiger partial charge in [0.15, 0.2) is 0 Å². The van der Waals surface area contributed by atoms with Gasteiger partial charge in [-0.1, -0.05) is 37.1 Å². The van der Waals surface area contributed by atoms with Crippen LogP contribution in [0.25, 0.3) is 0 Å². The van der Waals surface area contributed by atoms with Crippen LogP contribution in [0.3, 0.4) is 0 Å². The van der Waals surface area contributed by atoms with Crippen molar-refractivity contribution in [1.29, 1.82) is 5.26 Å². The lowest BCUT2D eigenvalue weighted by Gasteiger charge is -2.38. The van der Waals surface area contributed by atoms with Crippen LogP contribution >= 0.6 is 0 Å². The van der Waals surface area contributed by atoms with Gasteiger partial charge >= 0.3 is 0 Å².